The van der Waals surface area contributed by atoms with Crippen molar-refractivity contribution >= 4 is 0 Å². The van der Waals surface area contributed by atoms with Gasteiger partial charge in [0.1, 0.15) is 0 Å². The van der Waals surface area contributed by atoms with Crippen molar-refractivity contribution in [3.63, 3.8) is 0 Å². The molecular weight excluding hydrogens is 192 g/mol. The molecule has 0 aromatic heterocycles. The summed E-state index contributed by atoms with van der Waals surface area (Å²) in [6.45, 7) is 16.7. The van der Waals surface area contributed by atoms with E-state index in [1.54, 1.807) is 0 Å². The first kappa shape index (κ1) is 16.0. The Bertz CT molecular complexity index is 167. The van der Waals surface area contributed by atoms with E-state index in [4.69, 9.17) is 0 Å². The minimum absolute atomic E-state index is 0.507. The van der Waals surface area contributed by atoms with Gasteiger partial charge in [0.25, 0.3) is 0 Å². The molecule has 0 bridgehead atoms. The van der Waals surface area contributed by atoms with E-state index in [0.717, 1.165) is 17.8 Å². The second-order valence-corrected chi connectivity index (χ2v) is 6.75. The molecular formula is C16H34. The quantitative estimate of drug-likeness (QED) is 0.482. The summed E-state index contributed by atoms with van der Waals surface area (Å²) in [6, 6.07) is 0. The second-order valence-electron chi connectivity index (χ2n) is 6.75. The number of hydrogen-bond acceptors (Lipinski definition) is 0. The largest absolute Gasteiger partial charge is 0.0654 e. The van der Waals surface area contributed by atoms with Gasteiger partial charge in [0.05, 0.1) is 0 Å². The number of rotatable bonds is 8. The van der Waals surface area contributed by atoms with Crippen LogP contribution in [0.5, 0.6) is 0 Å². The Balaban J connectivity index is 4.19. The normalized spacial score (nSPS) is 16.5. The lowest BCUT2D eigenvalue weighted by molar-refractivity contribution is 0.168. The van der Waals surface area contributed by atoms with Crippen LogP contribution < -0.4 is 0 Å². The van der Waals surface area contributed by atoms with Gasteiger partial charge < -0.3 is 0 Å². The van der Waals surface area contributed by atoms with Crippen molar-refractivity contribution in [2.75, 3.05) is 0 Å². The van der Waals surface area contributed by atoms with Crippen molar-refractivity contribution in [2.45, 2.75) is 80.6 Å². The third kappa shape index (κ3) is 5.92. The molecule has 0 nitrogen and oxygen atoms in total. The molecule has 2 unspecified atom stereocenters. The molecule has 0 radical (unpaired) electrons. The molecule has 0 amide bonds. The molecule has 0 aromatic rings. The fraction of sp³-hybridized carbons (Fsp3) is 1.00. The minimum Gasteiger partial charge on any atom is -0.0654 e. The van der Waals surface area contributed by atoms with Gasteiger partial charge in [0.15, 0.2) is 0 Å². The molecule has 0 fully saturated rings. The van der Waals surface area contributed by atoms with Gasteiger partial charge in [-0.3, -0.25) is 0 Å². The summed E-state index contributed by atoms with van der Waals surface area (Å²) in [5, 5.41) is 0. The van der Waals surface area contributed by atoms with Crippen LogP contribution in [0, 0.1) is 23.2 Å². The van der Waals surface area contributed by atoms with E-state index in [1.165, 1.54) is 32.1 Å². The molecule has 16 heavy (non-hydrogen) atoms. The average Bonchev–Trinajstić information content (AvgIpc) is 2.16. The second kappa shape index (κ2) is 7.35. The standard InChI is InChI=1S/C16H34/c1-8-10-14(5)11-15(9-2)12-16(6,7)13(3)4/h13-15H,8-12H2,1-7H3. The maximum absolute atomic E-state index is 2.44. The van der Waals surface area contributed by atoms with Gasteiger partial charge in [0.2, 0.25) is 0 Å². The van der Waals surface area contributed by atoms with E-state index in [1.807, 2.05) is 0 Å². The zero-order chi connectivity index (χ0) is 12.8. The monoisotopic (exact) mass is 226 g/mol. The van der Waals surface area contributed by atoms with Gasteiger partial charge in [-0.15, -0.1) is 0 Å². The highest BCUT2D eigenvalue weighted by molar-refractivity contribution is 4.77. The van der Waals surface area contributed by atoms with Gasteiger partial charge in [0, 0.05) is 0 Å². The summed E-state index contributed by atoms with van der Waals surface area (Å²) in [7, 11) is 0. The SMILES string of the molecule is CCCC(C)CC(CC)CC(C)(C)C(C)C. The van der Waals surface area contributed by atoms with Crippen molar-refractivity contribution in [1.29, 1.82) is 0 Å². The highest BCUT2D eigenvalue weighted by Crippen LogP contribution is 2.37. The Labute approximate surface area is 104 Å². The lowest BCUT2D eigenvalue weighted by Gasteiger charge is -2.34. The Morgan fingerprint density at radius 1 is 1.00 bits per heavy atom. The Hall–Kier alpha value is 0. The maximum atomic E-state index is 2.44. The molecule has 0 rings (SSSR count). The maximum Gasteiger partial charge on any atom is -0.0329 e. The molecule has 0 heteroatoms. The van der Waals surface area contributed by atoms with Crippen molar-refractivity contribution in [3.05, 3.63) is 0 Å². The third-order valence-corrected chi connectivity index (χ3v) is 4.47. The summed E-state index contributed by atoms with van der Waals surface area (Å²) in [5.41, 5.74) is 0.507. The highest BCUT2D eigenvalue weighted by Gasteiger charge is 2.26. The first-order valence-electron chi connectivity index (χ1n) is 7.33. The molecule has 0 aromatic carbocycles. The summed E-state index contributed by atoms with van der Waals surface area (Å²) in [5.74, 6) is 2.64. The smallest absolute Gasteiger partial charge is 0.0329 e. The van der Waals surface area contributed by atoms with Crippen LogP contribution in [0.25, 0.3) is 0 Å². The highest BCUT2D eigenvalue weighted by atomic mass is 14.3. The topological polar surface area (TPSA) is 0 Å². The Morgan fingerprint density at radius 2 is 1.56 bits per heavy atom. The van der Waals surface area contributed by atoms with Crippen LogP contribution in [0.15, 0.2) is 0 Å². The molecule has 0 saturated heterocycles. The lowest BCUT2D eigenvalue weighted by Crippen LogP contribution is -2.23. The molecule has 0 spiro atoms. The predicted molar refractivity (Wildman–Crippen MR) is 75.7 cm³/mol. The summed E-state index contributed by atoms with van der Waals surface area (Å²) < 4.78 is 0. The van der Waals surface area contributed by atoms with Gasteiger partial charge in [-0.05, 0) is 36.0 Å². The van der Waals surface area contributed by atoms with Crippen molar-refractivity contribution in [1.82, 2.24) is 0 Å². The average molecular weight is 226 g/mol. The summed E-state index contributed by atoms with van der Waals surface area (Å²) >= 11 is 0. The molecule has 2 atom stereocenters. The predicted octanol–water partition coefficient (Wildman–Crippen LogP) is 5.91. The van der Waals surface area contributed by atoms with Crippen LogP contribution in [0.3, 0.4) is 0 Å². The van der Waals surface area contributed by atoms with Crippen molar-refractivity contribution in [3.8, 4) is 0 Å². The van der Waals surface area contributed by atoms with Gasteiger partial charge in [-0.2, -0.15) is 0 Å². The molecule has 0 N–H and O–H groups in total. The molecule has 0 aliphatic carbocycles. The molecule has 0 aliphatic rings. The number of hydrogen-bond donors (Lipinski definition) is 0. The first-order chi connectivity index (χ1) is 7.33. The van der Waals surface area contributed by atoms with Gasteiger partial charge in [-0.1, -0.05) is 67.7 Å². The zero-order valence-electron chi connectivity index (χ0n) is 12.8. The summed E-state index contributed by atoms with van der Waals surface area (Å²) in [6.07, 6.45) is 6.92. The summed E-state index contributed by atoms with van der Waals surface area (Å²) in [4.78, 5) is 0. The van der Waals surface area contributed by atoms with Crippen molar-refractivity contribution in [2.24, 2.45) is 23.2 Å². The van der Waals surface area contributed by atoms with E-state index in [2.05, 4.69) is 48.5 Å². The molecule has 0 heterocycles. The van der Waals surface area contributed by atoms with Crippen molar-refractivity contribution < 1.29 is 0 Å². The van der Waals surface area contributed by atoms with Gasteiger partial charge >= 0.3 is 0 Å². The van der Waals surface area contributed by atoms with Crippen LogP contribution in [0.4, 0.5) is 0 Å². The fourth-order valence-electron chi connectivity index (χ4n) is 2.55. The van der Waals surface area contributed by atoms with Crippen LogP contribution in [-0.4, -0.2) is 0 Å². The minimum atomic E-state index is 0.507. The Kier molecular flexibility index (Phi) is 7.35. The molecule has 0 aliphatic heterocycles. The van der Waals surface area contributed by atoms with E-state index >= 15 is 0 Å². The van der Waals surface area contributed by atoms with Crippen LogP contribution in [0.1, 0.15) is 80.6 Å². The Morgan fingerprint density at radius 3 is 1.94 bits per heavy atom. The van der Waals surface area contributed by atoms with Crippen LogP contribution in [-0.2, 0) is 0 Å². The lowest BCUT2D eigenvalue weighted by atomic mass is 9.72. The van der Waals surface area contributed by atoms with E-state index in [-0.39, 0.29) is 0 Å². The molecule has 0 saturated carbocycles. The van der Waals surface area contributed by atoms with E-state index < -0.39 is 0 Å². The fourth-order valence-corrected chi connectivity index (χ4v) is 2.55. The van der Waals surface area contributed by atoms with E-state index in [0.29, 0.717) is 5.41 Å². The zero-order valence-corrected chi connectivity index (χ0v) is 12.8. The van der Waals surface area contributed by atoms with Gasteiger partial charge in [-0.25, -0.2) is 0 Å². The molecule has 98 valence electrons. The first-order valence-corrected chi connectivity index (χ1v) is 7.33. The van der Waals surface area contributed by atoms with E-state index in [9.17, 15) is 0 Å². The third-order valence-electron chi connectivity index (χ3n) is 4.47. The van der Waals surface area contributed by atoms with Crippen LogP contribution in [0.2, 0.25) is 0 Å². The van der Waals surface area contributed by atoms with Crippen LogP contribution >= 0.6 is 0 Å².